The lowest BCUT2D eigenvalue weighted by atomic mass is 10.3. The molecule has 0 fully saturated rings. The lowest BCUT2D eigenvalue weighted by Gasteiger charge is -2.10. The summed E-state index contributed by atoms with van der Waals surface area (Å²) >= 11 is 8.77. The molecule has 0 amide bonds. The van der Waals surface area contributed by atoms with Gasteiger partial charge in [0.15, 0.2) is 4.96 Å². The third-order valence-corrected chi connectivity index (χ3v) is 5.03. The average molecular weight is 401 g/mol. The van der Waals surface area contributed by atoms with Gasteiger partial charge in [-0.1, -0.05) is 6.07 Å². The minimum absolute atomic E-state index is 0.741. The van der Waals surface area contributed by atoms with E-state index in [1.807, 2.05) is 25.1 Å². The molecular formula is C13H11Br2N3S. The molecule has 1 aromatic carbocycles. The van der Waals surface area contributed by atoms with Crippen LogP contribution in [0.2, 0.25) is 0 Å². The van der Waals surface area contributed by atoms with Gasteiger partial charge in [0.05, 0.1) is 23.6 Å². The van der Waals surface area contributed by atoms with E-state index in [4.69, 9.17) is 0 Å². The highest BCUT2D eigenvalue weighted by Gasteiger charge is 2.10. The van der Waals surface area contributed by atoms with E-state index in [0.717, 1.165) is 31.8 Å². The molecule has 0 unspecified atom stereocenters. The Hall–Kier alpha value is -0.850. The molecule has 0 saturated heterocycles. The highest BCUT2D eigenvalue weighted by Crippen LogP contribution is 2.31. The second kappa shape index (κ2) is 5.26. The van der Waals surface area contributed by atoms with Crippen molar-refractivity contribution in [2.75, 3.05) is 5.32 Å². The Kier molecular flexibility index (Phi) is 3.64. The van der Waals surface area contributed by atoms with Crippen molar-refractivity contribution in [3.63, 3.8) is 0 Å². The number of nitrogens with one attached hydrogen (secondary N) is 1. The summed E-state index contributed by atoms with van der Waals surface area (Å²) in [5.74, 6) is 0. The zero-order valence-corrected chi connectivity index (χ0v) is 14.1. The maximum atomic E-state index is 4.55. The molecule has 0 aliphatic rings. The molecule has 0 saturated carbocycles. The highest BCUT2D eigenvalue weighted by atomic mass is 79.9. The van der Waals surface area contributed by atoms with E-state index >= 15 is 0 Å². The molecule has 0 atom stereocenters. The number of anilines is 1. The predicted molar refractivity (Wildman–Crippen MR) is 87.0 cm³/mol. The number of rotatable bonds is 3. The Morgan fingerprint density at radius 3 is 2.79 bits per heavy atom. The first kappa shape index (κ1) is 13.1. The number of aromatic nitrogens is 2. The van der Waals surface area contributed by atoms with Gasteiger partial charge in [-0.3, -0.25) is 4.40 Å². The van der Waals surface area contributed by atoms with Crippen molar-refractivity contribution in [2.24, 2.45) is 0 Å². The number of halogens is 2. The first-order chi connectivity index (χ1) is 9.16. The largest absolute Gasteiger partial charge is 0.378 e. The number of thiazole rings is 1. The number of hydrogen-bond donors (Lipinski definition) is 1. The second-order valence-electron chi connectivity index (χ2n) is 4.15. The van der Waals surface area contributed by atoms with Gasteiger partial charge in [0.25, 0.3) is 0 Å². The second-order valence-corrected chi connectivity index (χ2v) is 6.73. The van der Waals surface area contributed by atoms with E-state index in [1.165, 1.54) is 5.69 Å². The fourth-order valence-corrected chi connectivity index (χ4v) is 4.05. The molecule has 0 aliphatic carbocycles. The summed E-state index contributed by atoms with van der Waals surface area (Å²) in [6.07, 6.45) is 2.06. The maximum Gasteiger partial charge on any atom is 0.194 e. The van der Waals surface area contributed by atoms with Crippen LogP contribution in [0.3, 0.4) is 0 Å². The van der Waals surface area contributed by atoms with E-state index in [0.29, 0.717) is 0 Å². The van der Waals surface area contributed by atoms with Crippen LogP contribution in [0.5, 0.6) is 0 Å². The zero-order chi connectivity index (χ0) is 13.4. The minimum atomic E-state index is 0.741. The summed E-state index contributed by atoms with van der Waals surface area (Å²) in [6.45, 7) is 2.79. The fraction of sp³-hybridized carbons (Fsp3) is 0.154. The van der Waals surface area contributed by atoms with E-state index in [1.54, 1.807) is 11.3 Å². The summed E-state index contributed by atoms with van der Waals surface area (Å²) < 4.78 is 4.23. The Bertz CT molecular complexity index is 712. The molecule has 0 spiro atoms. The molecule has 6 heteroatoms. The van der Waals surface area contributed by atoms with Crippen LogP contribution in [-0.4, -0.2) is 9.38 Å². The van der Waals surface area contributed by atoms with Gasteiger partial charge in [-0.05, 0) is 50.9 Å². The minimum Gasteiger partial charge on any atom is -0.378 e. The van der Waals surface area contributed by atoms with Gasteiger partial charge in [0.1, 0.15) is 0 Å². The third kappa shape index (κ3) is 2.44. The number of fused-ring (bicyclic) bond motifs is 1. The first-order valence-corrected chi connectivity index (χ1v) is 8.22. The number of imidazole rings is 1. The molecule has 0 bridgehead atoms. The van der Waals surface area contributed by atoms with Crippen molar-refractivity contribution in [3.05, 3.63) is 50.1 Å². The normalized spacial score (nSPS) is 11.1. The molecular weight excluding hydrogens is 390 g/mol. The summed E-state index contributed by atoms with van der Waals surface area (Å²) in [7, 11) is 0. The molecule has 3 rings (SSSR count). The van der Waals surface area contributed by atoms with E-state index in [2.05, 4.69) is 58.1 Å². The van der Waals surface area contributed by atoms with Crippen molar-refractivity contribution >= 4 is 53.8 Å². The van der Waals surface area contributed by atoms with Crippen molar-refractivity contribution < 1.29 is 0 Å². The monoisotopic (exact) mass is 399 g/mol. The van der Waals surface area contributed by atoms with Crippen LogP contribution in [0, 0.1) is 6.92 Å². The molecule has 2 aromatic heterocycles. The molecule has 98 valence electrons. The van der Waals surface area contributed by atoms with Crippen LogP contribution in [0.4, 0.5) is 5.69 Å². The summed E-state index contributed by atoms with van der Waals surface area (Å²) in [6, 6.07) is 6.05. The zero-order valence-electron chi connectivity index (χ0n) is 10.2. The van der Waals surface area contributed by atoms with Gasteiger partial charge in [-0.15, -0.1) is 11.3 Å². The Morgan fingerprint density at radius 1 is 1.32 bits per heavy atom. The van der Waals surface area contributed by atoms with Crippen LogP contribution in [0.1, 0.15) is 11.4 Å². The number of aryl methyl sites for hydroxylation is 1. The van der Waals surface area contributed by atoms with Gasteiger partial charge in [0, 0.05) is 20.5 Å². The van der Waals surface area contributed by atoms with E-state index in [9.17, 15) is 0 Å². The summed E-state index contributed by atoms with van der Waals surface area (Å²) in [5.41, 5.74) is 3.33. The molecule has 0 radical (unpaired) electrons. The van der Waals surface area contributed by atoms with Gasteiger partial charge in [0.2, 0.25) is 0 Å². The van der Waals surface area contributed by atoms with Crippen molar-refractivity contribution in [3.8, 4) is 0 Å². The Morgan fingerprint density at radius 2 is 2.05 bits per heavy atom. The van der Waals surface area contributed by atoms with Gasteiger partial charge < -0.3 is 5.32 Å². The maximum absolute atomic E-state index is 4.55. The predicted octanol–water partition coefficient (Wildman–Crippen LogP) is 4.84. The van der Waals surface area contributed by atoms with Crippen LogP contribution in [0.25, 0.3) is 4.96 Å². The summed E-state index contributed by atoms with van der Waals surface area (Å²) in [4.78, 5) is 5.59. The fourth-order valence-electron chi connectivity index (χ4n) is 1.99. The van der Waals surface area contributed by atoms with Gasteiger partial charge >= 0.3 is 0 Å². The van der Waals surface area contributed by atoms with Crippen LogP contribution >= 0.6 is 43.2 Å². The average Bonchev–Trinajstić information content (AvgIpc) is 2.90. The number of benzene rings is 1. The quantitative estimate of drug-likeness (QED) is 0.681. The highest BCUT2D eigenvalue weighted by molar-refractivity contribution is 9.11. The Balaban J connectivity index is 1.90. The van der Waals surface area contributed by atoms with E-state index in [-0.39, 0.29) is 0 Å². The van der Waals surface area contributed by atoms with E-state index < -0.39 is 0 Å². The SMILES string of the molecule is Cc1nc2sccn2c1CNc1c(Br)cccc1Br. The van der Waals surface area contributed by atoms with Crippen molar-refractivity contribution in [1.82, 2.24) is 9.38 Å². The van der Waals surface area contributed by atoms with Gasteiger partial charge in [-0.25, -0.2) is 4.98 Å². The molecule has 0 aliphatic heterocycles. The van der Waals surface area contributed by atoms with Crippen LogP contribution in [-0.2, 0) is 6.54 Å². The lowest BCUT2D eigenvalue weighted by Crippen LogP contribution is -2.04. The smallest absolute Gasteiger partial charge is 0.194 e. The molecule has 3 nitrogen and oxygen atoms in total. The lowest BCUT2D eigenvalue weighted by molar-refractivity contribution is 0.992. The number of para-hydroxylation sites is 1. The topological polar surface area (TPSA) is 29.3 Å². The first-order valence-electron chi connectivity index (χ1n) is 5.75. The standard InChI is InChI=1S/C13H11Br2N3S/c1-8-11(18-5-6-19-13(18)17-8)7-16-12-9(14)3-2-4-10(12)15/h2-6,16H,7H2,1H3. The molecule has 19 heavy (non-hydrogen) atoms. The molecule has 3 aromatic rings. The van der Waals surface area contributed by atoms with Gasteiger partial charge in [-0.2, -0.15) is 0 Å². The van der Waals surface area contributed by atoms with Crippen molar-refractivity contribution in [1.29, 1.82) is 0 Å². The van der Waals surface area contributed by atoms with Crippen LogP contribution < -0.4 is 5.32 Å². The molecule has 2 heterocycles. The Labute approximate surface area is 131 Å². The number of hydrogen-bond acceptors (Lipinski definition) is 3. The van der Waals surface area contributed by atoms with Crippen molar-refractivity contribution in [2.45, 2.75) is 13.5 Å². The van der Waals surface area contributed by atoms with Crippen LogP contribution in [0.15, 0.2) is 38.7 Å². The summed E-state index contributed by atoms with van der Waals surface area (Å²) in [5, 5.41) is 5.51. The number of nitrogens with zero attached hydrogens (tertiary/aromatic N) is 2. The third-order valence-electron chi connectivity index (χ3n) is 2.96. The molecule has 1 N–H and O–H groups in total.